The molecule has 0 amide bonds. The van der Waals surface area contributed by atoms with Gasteiger partial charge in [0, 0.05) is 26.2 Å². The van der Waals surface area contributed by atoms with Crippen molar-refractivity contribution in [1.29, 1.82) is 0 Å². The molecule has 3 rings (SSSR count). The topological polar surface area (TPSA) is 41.9 Å². The second-order valence-corrected chi connectivity index (χ2v) is 6.29. The maximum atomic E-state index is 13.8. The molecule has 6 heteroatoms. The standard InChI is InChI=1S/C17H23F2NO3/c1-22-11-5-6-16-14(9-11)20(7-8-23-16)10-15(21)17-12(18)3-2-4-13(17)19/h2-4,11,14-16,21H,5-10H2,1H3. The molecule has 2 fully saturated rings. The Bertz CT molecular complexity index is 522. The summed E-state index contributed by atoms with van der Waals surface area (Å²) in [6.45, 7) is 1.41. The quantitative estimate of drug-likeness (QED) is 0.921. The molecule has 1 aromatic carbocycles. The van der Waals surface area contributed by atoms with E-state index in [0.29, 0.717) is 13.2 Å². The van der Waals surface area contributed by atoms with Crippen molar-refractivity contribution in [2.24, 2.45) is 0 Å². The molecule has 128 valence electrons. The van der Waals surface area contributed by atoms with Gasteiger partial charge in [0.1, 0.15) is 11.6 Å². The zero-order valence-corrected chi connectivity index (χ0v) is 13.3. The van der Waals surface area contributed by atoms with Gasteiger partial charge < -0.3 is 14.6 Å². The SMILES string of the molecule is COC1CCC2OCCN(CC(O)c3c(F)cccc3F)C2C1. The van der Waals surface area contributed by atoms with Gasteiger partial charge in [-0.15, -0.1) is 0 Å². The molecule has 0 radical (unpaired) electrons. The first-order chi connectivity index (χ1) is 11.1. The van der Waals surface area contributed by atoms with Gasteiger partial charge in [-0.3, -0.25) is 4.90 Å². The summed E-state index contributed by atoms with van der Waals surface area (Å²) in [7, 11) is 1.70. The van der Waals surface area contributed by atoms with E-state index in [1.165, 1.54) is 18.2 Å². The third-order valence-corrected chi connectivity index (χ3v) is 4.96. The summed E-state index contributed by atoms with van der Waals surface area (Å²) >= 11 is 0. The Morgan fingerprint density at radius 2 is 2.09 bits per heavy atom. The van der Waals surface area contributed by atoms with E-state index in [1.54, 1.807) is 7.11 Å². The van der Waals surface area contributed by atoms with Crippen molar-refractivity contribution >= 4 is 0 Å². The average Bonchev–Trinajstić information content (AvgIpc) is 2.54. The van der Waals surface area contributed by atoms with Crippen LogP contribution < -0.4 is 0 Å². The van der Waals surface area contributed by atoms with E-state index in [1.807, 2.05) is 0 Å². The number of hydrogen-bond donors (Lipinski definition) is 1. The number of hydrogen-bond acceptors (Lipinski definition) is 4. The van der Waals surface area contributed by atoms with Crippen LogP contribution in [-0.2, 0) is 9.47 Å². The van der Waals surface area contributed by atoms with Gasteiger partial charge in [-0.1, -0.05) is 6.07 Å². The lowest BCUT2D eigenvalue weighted by Gasteiger charge is -2.46. The van der Waals surface area contributed by atoms with Gasteiger partial charge in [0.2, 0.25) is 0 Å². The lowest BCUT2D eigenvalue weighted by molar-refractivity contribution is -0.120. The molecule has 1 aliphatic carbocycles. The summed E-state index contributed by atoms with van der Waals surface area (Å²) in [6.07, 6.45) is 1.75. The largest absolute Gasteiger partial charge is 0.387 e. The molecule has 1 aliphatic heterocycles. The fraction of sp³-hybridized carbons (Fsp3) is 0.647. The highest BCUT2D eigenvalue weighted by molar-refractivity contribution is 5.22. The highest BCUT2D eigenvalue weighted by Gasteiger charge is 2.38. The maximum absolute atomic E-state index is 13.8. The molecule has 4 nitrogen and oxygen atoms in total. The first kappa shape index (κ1) is 16.8. The lowest BCUT2D eigenvalue weighted by atomic mass is 9.87. The Hall–Kier alpha value is -1.08. The number of aliphatic hydroxyl groups excluding tert-OH is 1. The lowest BCUT2D eigenvalue weighted by Crippen LogP contribution is -2.55. The van der Waals surface area contributed by atoms with E-state index >= 15 is 0 Å². The van der Waals surface area contributed by atoms with E-state index in [2.05, 4.69) is 4.90 Å². The number of morpholine rings is 1. The van der Waals surface area contributed by atoms with Gasteiger partial charge in [0.25, 0.3) is 0 Å². The van der Waals surface area contributed by atoms with Crippen LogP contribution in [0.5, 0.6) is 0 Å². The van der Waals surface area contributed by atoms with Crippen LogP contribution in [0.15, 0.2) is 18.2 Å². The average molecular weight is 327 g/mol. The molecule has 2 aliphatic rings. The molecule has 23 heavy (non-hydrogen) atoms. The first-order valence-corrected chi connectivity index (χ1v) is 8.10. The molecule has 1 saturated carbocycles. The zero-order chi connectivity index (χ0) is 16.4. The van der Waals surface area contributed by atoms with E-state index in [4.69, 9.17) is 9.47 Å². The van der Waals surface area contributed by atoms with Crippen LogP contribution >= 0.6 is 0 Å². The Morgan fingerprint density at radius 3 is 2.78 bits per heavy atom. The molecule has 1 aromatic rings. The van der Waals surface area contributed by atoms with Crippen LogP contribution in [0.25, 0.3) is 0 Å². The minimum absolute atomic E-state index is 0.104. The van der Waals surface area contributed by atoms with Crippen LogP contribution in [0, 0.1) is 11.6 Å². The third-order valence-electron chi connectivity index (χ3n) is 4.96. The van der Waals surface area contributed by atoms with Gasteiger partial charge in [0.15, 0.2) is 0 Å². The van der Waals surface area contributed by atoms with Crippen LogP contribution in [0.4, 0.5) is 8.78 Å². The monoisotopic (exact) mass is 327 g/mol. The third kappa shape index (κ3) is 3.55. The van der Waals surface area contributed by atoms with E-state index < -0.39 is 17.7 Å². The van der Waals surface area contributed by atoms with Crippen molar-refractivity contribution in [2.45, 2.75) is 43.6 Å². The number of ether oxygens (including phenoxy) is 2. The Morgan fingerprint density at radius 1 is 1.35 bits per heavy atom. The molecule has 0 bridgehead atoms. The summed E-state index contributed by atoms with van der Waals surface area (Å²) < 4.78 is 38.9. The van der Waals surface area contributed by atoms with Gasteiger partial charge in [0.05, 0.1) is 30.5 Å². The number of methoxy groups -OCH3 is 1. The number of fused-ring (bicyclic) bond motifs is 1. The minimum atomic E-state index is -1.20. The Balaban J connectivity index is 1.73. The van der Waals surface area contributed by atoms with E-state index in [9.17, 15) is 13.9 Å². The van der Waals surface area contributed by atoms with Crippen molar-refractivity contribution in [2.75, 3.05) is 26.8 Å². The van der Waals surface area contributed by atoms with Gasteiger partial charge >= 0.3 is 0 Å². The predicted molar refractivity (Wildman–Crippen MR) is 81.1 cm³/mol. The maximum Gasteiger partial charge on any atom is 0.131 e. The molecule has 0 aromatic heterocycles. The van der Waals surface area contributed by atoms with Crippen LogP contribution in [0.2, 0.25) is 0 Å². The Labute approximate surface area is 135 Å². The number of β-amino-alcohol motifs (C(OH)–C–C–N with tert-alkyl or cyclic N) is 1. The summed E-state index contributed by atoms with van der Waals surface area (Å²) in [5, 5.41) is 10.4. The van der Waals surface area contributed by atoms with E-state index in [-0.39, 0.29) is 30.4 Å². The fourth-order valence-corrected chi connectivity index (χ4v) is 3.73. The van der Waals surface area contributed by atoms with Crippen molar-refractivity contribution in [3.8, 4) is 0 Å². The fourth-order valence-electron chi connectivity index (χ4n) is 3.73. The van der Waals surface area contributed by atoms with Crippen molar-refractivity contribution in [1.82, 2.24) is 4.90 Å². The van der Waals surface area contributed by atoms with Crippen molar-refractivity contribution in [3.63, 3.8) is 0 Å². The normalized spacial score (nSPS) is 30.0. The van der Waals surface area contributed by atoms with Gasteiger partial charge in [-0.25, -0.2) is 8.78 Å². The molecule has 1 heterocycles. The molecule has 1 N–H and O–H groups in total. The molecule has 4 atom stereocenters. The number of aliphatic hydroxyl groups is 1. The smallest absolute Gasteiger partial charge is 0.131 e. The second kappa shape index (κ2) is 7.21. The zero-order valence-electron chi connectivity index (χ0n) is 13.3. The number of halogens is 2. The number of rotatable bonds is 4. The summed E-state index contributed by atoms with van der Waals surface area (Å²) in [5.74, 6) is -1.42. The summed E-state index contributed by atoms with van der Waals surface area (Å²) in [6, 6.07) is 3.76. The number of benzene rings is 1. The van der Waals surface area contributed by atoms with Crippen molar-refractivity contribution in [3.05, 3.63) is 35.4 Å². The number of nitrogens with zero attached hydrogens (tertiary/aromatic N) is 1. The summed E-state index contributed by atoms with van der Waals surface area (Å²) in [5.41, 5.74) is -0.255. The Kier molecular flexibility index (Phi) is 5.26. The predicted octanol–water partition coefficient (Wildman–Crippen LogP) is 2.27. The molecule has 0 spiro atoms. The second-order valence-electron chi connectivity index (χ2n) is 6.29. The van der Waals surface area contributed by atoms with Gasteiger partial charge in [-0.05, 0) is 31.4 Å². The molecular formula is C17H23F2NO3. The van der Waals surface area contributed by atoms with Crippen LogP contribution in [0.3, 0.4) is 0 Å². The first-order valence-electron chi connectivity index (χ1n) is 8.10. The highest BCUT2D eigenvalue weighted by atomic mass is 19.1. The van der Waals surface area contributed by atoms with E-state index in [0.717, 1.165) is 19.3 Å². The molecule has 4 unspecified atom stereocenters. The molecule has 1 saturated heterocycles. The summed E-state index contributed by atoms with van der Waals surface area (Å²) in [4.78, 5) is 2.08. The van der Waals surface area contributed by atoms with Crippen molar-refractivity contribution < 1.29 is 23.4 Å². The highest BCUT2D eigenvalue weighted by Crippen LogP contribution is 2.32. The van der Waals surface area contributed by atoms with Gasteiger partial charge in [-0.2, -0.15) is 0 Å². The van der Waals surface area contributed by atoms with Crippen LogP contribution in [-0.4, -0.2) is 55.1 Å². The minimum Gasteiger partial charge on any atom is -0.387 e. The van der Waals surface area contributed by atoms with Crippen LogP contribution in [0.1, 0.15) is 30.9 Å². The molecular weight excluding hydrogens is 304 g/mol.